The first kappa shape index (κ1) is 21.0. The number of aliphatic hydroxyl groups excluding tert-OH is 1. The number of hydrogen-bond donors (Lipinski definition) is 4. The number of carboxylic acid groups (broad SMARTS) is 2. The van der Waals surface area contributed by atoms with Crippen LogP contribution >= 0.6 is 0 Å². The Hall–Kier alpha value is -3.04. The summed E-state index contributed by atoms with van der Waals surface area (Å²) in [6.07, 6.45) is 2.74. The van der Waals surface area contributed by atoms with E-state index in [1.54, 1.807) is 25.1 Å². The van der Waals surface area contributed by atoms with Crippen molar-refractivity contribution in [3.8, 4) is 0 Å². The van der Waals surface area contributed by atoms with E-state index in [0.29, 0.717) is 5.57 Å². The number of rotatable bonds is 6. The van der Waals surface area contributed by atoms with Crippen LogP contribution in [0.4, 0.5) is 5.69 Å². The van der Waals surface area contributed by atoms with Crippen LogP contribution in [-0.2, 0) is 9.59 Å². The van der Waals surface area contributed by atoms with E-state index < -0.39 is 22.4 Å². The van der Waals surface area contributed by atoms with Crippen LogP contribution in [0.3, 0.4) is 0 Å². The van der Waals surface area contributed by atoms with Crippen molar-refractivity contribution in [3.05, 3.63) is 63.7 Å². The lowest BCUT2D eigenvalue weighted by atomic mass is 9.80. The molecule has 0 amide bonds. The third-order valence-electron chi connectivity index (χ3n) is 3.81. The van der Waals surface area contributed by atoms with E-state index in [-0.39, 0.29) is 30.8 Å². The number of non-ortho nitro benzene ring substituents is 1. The van der Waals surface area contributed by atoms with Crippen LogP contribution in [-0.4, -0.2) is 50.9 Å². The number of allylic oxidation sites excluding steroid dienone is 2. The molecule has 1 aromatic rings. The van der Waals surface area contributed by atoms with E-state index in [1.807, 2.05) is 0 Å². The third kappa shape index (κ3) is 5.23. The molecule has 0 saturated heterocycles. The minimum Gasteiger partial charge on any atom is -0.480 e. The molecule has 2 rings (SSSR count). The smallest absolute Gasteiger partial charge is 0.331 e. The first-order chi connectivity index (χ1) is 12.2. The van der Waals surface area contributed by atoms with Gasteiger partial charge in [0.15, 0.2) is 0 Å². The van der Waals surface area contributed by atoms with Crippen molar-refractivity contribution in [1.82, 2.24) is 5.32 Å². The van der Waals surface area contributed by atoms with Gasteiger partial charge in [-0.05, 0) is 12.5 Å². The average Bonchev–Trinajstić information content (AvgIpc) is 2.62. The lowest BCUT2D eigenvalue weighted by molar-refractivity contribution is -0.384. The van der Waals surface area contributed by atoms with Crippen molar-refractivity contribution < 1.29 is 29.8 Å². The molecule has 1 atom stereocenters. The summed E-state index contributed by atoms with van der Waals surface area (Å²) in [5, 5.41) is 39.6. The molecule has 1 unspecified atom stereocenters. The number of para-hydroxylation sites is 1. The number of carbonyl (C=O) groups is 2. The summed E-state index contributed by atoms with van der Waals surface area (Å²) in [6.45, 7) is 1.49. The van der Waals surface area contributed by atoms with Gasteiger partial charge in [0.2, 0.25) is 0 Å². The van der Waals surface area contributed by atoms with Crippen LogP contribution in [0.5, 0.6) is 0 Å². The molecule has 4 N–H and O–H groups in total. The standard InChI is InChI=1S/C11H15NO5.C6H5NO2/c1-7-2-3-8(9(14)15)6-11(7,10(16)17)12-4-5-13;8-7(9)6-4-2-1-3-5-6/h2-3,12-13H,4-6H2,1H3,(H,14,15)(H,16,17);1-5H. The fourth-order valence-corrected chi connectivity index (χ4v) is 2.34. The van der Waals surface area contributed by atoms with E-state index in [4.69, 9.17) is 10.2 Å². The normalized spacial score (nSPS) is 18.7. The first-order valence-electron chi connectivity index (χ1n) is 7.64. The van der Waals surface area contributed by atoms with Crippen LogP contribution < -0.4 is 5.32 Å². The highest BCUT2D eigenvalue weighted by molar-refractivity contribution is 5.92. The molecule has 9 nitrogen and oxygen atoms in total. The van der Waals surface area contributed by atoms with Crippen molar-refractivity contribution in [2.24, 2.45) is 0 Å². The zero-order chi connectivity index (χ0) is 19.7. The maximum Gasteiger partial charge on any atom is 0.331 e. The Morgan fingerprint density at radius 2 is 1.85 bits per heavy atom. The Kier molecular flexibility index (Phi) is 7.63. The predicted octanol–water partition coefficient (Wildman–Crippen LogP) is 1.35. The third-order valence-corrected chi connectivity index (χ3v) is 3.81. The molecule has 0 bridgehead atoms. The fraction of sp³-hybridized carbons (Fsp3) is 0.294. The molecular formula is C17H20N2O7. The maximum atomic E-state index is 11.4. The zero-order valence-electron chi connectivity index (χ0n) is 14.1. The lowest BCUT2D eigenvalue weighted by Crippen LogP contribution is -2.55. The predicted molar refractivity (Wildman–Crippen MR) is 92.6 cm³/mol. The highest BCUT2D eigenvalue weighted by atomic mass is 16.6. The topological polar surface area (TPSA) is 150 Å². The second-order valence-corrected chi connectivity index (χ2v) is 5.48. The fourth-order valence-electron chi connectivity index (χ4n) is 2.34. The lowest BCUT2D eigenvalue weighted by Gasteiger charge is -2.33. The Labute approximate surface area is 149 Å². The van der Waals surface area contributed by atoms with Gasteiger partial charge in [-0.2, -0.15) is 0 Å². The quantitative estimate of drug-likeness (QED) is 0.436. The number of nitrogens with one attached hydrogen (secondary N) is 1. The Morgan fingerprint density at radius 1 is 1.23 bits per heavy atom. The second kappa shape index (κ2) is 9.44. The number of aliphatic carboxylic acids is 2. The summed E-state index contributed by atoms with van der Waals surface area (Å²) < 4.78 is 0. The van der Waals surface area contributed by atoms with Crippen LogP contribution in [0.1, 0.15) is 13.3 Å². The number of benzene rings is 1. The summed E-state index contributed by atoms with van der Waals surface area (Å²) in [7, 11) is 0. The van der Waals surface area contributed by atoms with Crippen molar-refractivity contribution in [3.63, 3.8) is 0 Å². The molecule has 9 heteroatoms. The SMILES string of the molecule is CC1=CC=C(C(=O)O)CC1(NCCO)C(=O)O.O=[N+]([O-])c1ccccc1. The summed E-state index contributed by atoms with van der Waals surface area (Å²) in [6, 6.07) is 7.93. The maximum absolute atomic E-state index is 11.4. The molecule has 0 saturated carbocycles. The van der Waals surface area contributed by atoms with Gasteiger partial charge in [-0.1, -0.05) is 30.4 Å². The zero-order valence-corrected chi connectivity index (χ0v) is 14.1. The number of aliphatic hydroxyl groups is 1. The van der Waals surface area contributed by atoms with Gasteiger partial charge < -0.3 is 15.3 Å². The number of hydrogen-bond acceptors (Lipinski definition) is 6. The van der Waals surface area contributed by atoms with Crippen LogP contribution in [0, 0.1) is 10.1 Å². The summed E-state index contributed by atoms with van der Waals surface area (Å²) >= 11 is 0. The highest BCUT2D eigenvalue weighted by Gasteiger charge is 2.42. The molecule has 140 valence electrons. The van der Waals surface area contributed by atoms with E-state index in [9.17, 15) is 24.8 Å². The number of nitro groups is 1. The number of nitrogens with zero attached hydrogens (tertiary/aromatic N) is 1. The summed E-state index contributed by atoms with van der Waals surface area (Å²) in [5.74, 6) is -2.28. The monoisotopic (exact) mass is 364 g/mol. The van der Waals surface area contributed by atoms with Gasteiger partial charge >= 0.3 is 11.9 Å². The largest absolute Gasteiger partial charge is 0.480 e. The van der Waals surface area contributed by atoms with E-state index >= 15 is 0 Å². The van der Waals surface area contributed by atoms with Crippen molar-refractivity contribution in [1.29, 1.82) is 0 Å². The second-order valence-electron chi connectivity index (χ2n) is 5.48. The van der Waals surface area contributed by atoms with Gasteiger partial charge in [-0.15, -0.1) is 0 Å². The van der Waals surface area contributed by atoms with E-state index in [0.717, 1.165) is 0 Å². The van der Waals surface area contributed by atoms with Gasteiger partial charge in [-0.25, -0.2) is 9.59 Å². The van der Waals surface area contributed by atoms with Crippen molar-refractivity contribution in [2.75, 3.05) is 13.2 Å². The van der Waals surface area contributed by atoms with E-state index in [2.05, 4.69) is 5.32 Å². The average molecular weight is 364 g/mol. The molecule has 0 heterocycles. The Morgan fingerprint density at radius 3 is 2.27 bits per heavy atom. The Balaban J connectivity index is 0.000000314. The van der Waals surface area contributed by atoms with Crippen LogP contribution in [0.25, 0.3) is 0 Å². The molecular weight excluding hydrogens is 344 g/mol. The molecule has 26 heavy (non-hydrogen) atoms. The Bertz CT molecular complexity index is 728. The molecule has 1 aliphatic carbocycles. The van der Waals surface area contributed by atoms with Gasteiger partial charge in [0.05, 0.1) is 11.5 Å². The molecule has 1 aliphatic rings. The minimum atomic E-state index is -1.44. The molecule has 0 aliphatic heterocycles. The molecule has 0 aromatic heterocycles. The molecule has 0 fully saturated rings. The van der Waals surface area contributed by atoms with Crippen LogP contribution in [0.15, 0.2) is 53.6 Å². The van der Waals surface area contributed by atoms with Gasteiger partial charge in [0, 0.05) is 30.7 Å². The molecule has 0 spiro atoms. The minimum absolute atomic E-state index is 0.0310. The van der Waals surface area contributed by atoms with Crippen molar-refractivity contribution >= 4 is 17.6 Å². The summed E-state index contributed by atoms with van der Waals surface area (Å²) in [5.41, 5.74) is -0.755. The molecule has 0 radical (unpaired) electrons. The van der Waals surface area contributed by atoms with Gasteiger partial charge in [0.1, 0.15) is 5.54 Å². The number of carboxylic acids is 2. The summed E-state index contributed by atoms with van der Waals surface area (Å²) in [4.78, 5) is 31.8. The number of nitro benzene ring substituents is 1. The molecule has 1 aromatic carbocycles. The van der Waals surface area contributed by atoms with Gasteiger partial charge in [0.25, 0.3) is 5.69 Å². The van der Waals surface area contributed by atoms with Gasteiger partial charge in [-0.3, -0.25) is 15.4 Å². The number of β-amino-alcohol motifs (C(OH)–C–C–N with tert-alkyl or cyclic N) is 1. The first-order valence-corrected chi connectivity index (χ1v) is 7.64. The van der Waals surface area contributed by atoms with Crippen LogP contribution in [0.2, 0.25) is 0 Å². The highest BCUT2D eigenvalue weighted by Crippen LogP contribution is 2.30. The van der Waals surface area contributed by atoms with Crippen molar-refractivity contribution in [2.45, 2.75) is 18.9 Å². The van der Waals surface area contributed by atoms with E-state index in [1.165, 1.54) is 24.3 Å².